The summed E-state index contributed by atoms with van der Waals surface area (Å²) in [6.45, 7) is 3.74. The monoisotopic (exact) mass is 274 g/mol. The van der Waals surface area contributed by atoms with Crippen LogP contribution in [0, 0.1) is 0 Å². The highest BCUT2D eigenvalue weighted by molar-refractivity contribution is 5.70. The van der Waals surface area contributed by atoms with E-state index >= 15 is 0 Å². The summed E-state index contributed by atoms with van der Waals surface area (Å²) >= 11 is 0. The van der Waals surface area contributed by atoms with Gasteiger partial charge in [0.05, 0.1) is 6.10 Å². The van der Waals surface area contributed by atoms with E-state index in [0.29, 0.717) is 25.7 Å². The Kier molecular flexibility index (Phi) is 10.2. The summed E-state index contributed by atoms with van der Waals surface area (Å²) in [4.78, 5) is 21.9. The largest absolute Gasteiger partial charge is 0.481 e. The third-order valence-electron chi connectivity index (χ3n) is 2.84. The average molecular weight is 274 g/mol. The molecule has 0 bridgehead atoms. The van der Waals surface area contributed by atoms with Gasteiger partial charge < -0.3 is 14.9 Å². The summed E-state index contributed by atoms with van der Waals surface area (Å²) in [6, 6.07) is 0. The lowest BCUT2D eigenvalue weighted by Gasteiger charge is -2.18. The van der Waals surface area contributed by atoms with Gasteiger partial charge in [0.25, 0.3) is 0 Å². The van der Waals surface area contributed by atoms with Crippen molar-refractivity contribution in [2.75, 3.05) is 0 Å². The molecule has 2 atom stereocenters. The number of carbonyl (C=O) groups is 2. The van der Waals surface area contributed by atoms with Crippen molar-refractivity contribution in [2.24, 2.45) is 0 Å². The van der Waals surface area contributed by atoms with Gasteiger partial charge in [0.2, 0.25) is 0 Å². The van der Waals surface area contributed by atoms with Gasteiger partial charge in [-0.2, -0.15) is 0 Å². The minimum Gasteiger partial charge on any atom is -0.481 e. The zero-order chi connectivity index (χ0) is 14.7. The molecule has 0 heterocycles. The predicted octanol–water partition coefficient (Wildman–Crippen LogP) is 2.50. The minimum absolute atomic E-state index is 0.0910. The summed E-state index contributed by atoms with van der Waals surface area (Å²) < 4.78 is 5.35. The standard InChI is InChI=1S/C14H26O5/c1-3-6-12(10-9-11(2)15)19-14(18)8-5-4-7-13(16)17/h11-12,15H,3-10H2,1-2H3,(H,16,17). The highest BCUT2D eigenvalue weighted by Gasteiger charge is 2.14. The lowest BCUT2D eigenvalue weighted by atomic mass is 10.1. The van der Waals surface area contributed by atoms with Crippen LogP contribution in [0.1, 0.15) is 65.2 Å². The number of carbonyl (C=O) groups excluding carboxylic acids is 1. The van der Waals surface area contributed by atoms with Crippen molar-refractivity contribution in [3.05, 3.63) is 0 Å². The smallest absolute Gasteiger partial charge is 0.306 e. The number of aliphatic hydroxyl groups excluding tert-OH is 1. The van der Waals surface area contributed by atoms with Crippen molar-refractivity contribution in [3.8, 4) is 0 Å². The second kappa shape index (κ2) is 10.8. The number of aliphatic carboxylic acids is 1. The number of ether oxygens (including phenoxy) is 1. The fourth-order valence-electron chi connectivity index (χ4n) is 1.80. The molecule has 0 fully saturated rings. The highest BCUT2D eigenvalue weighted by atomic mass is 16.5. The van der Waals surface area contributed by atoms with E-state index < -0.39 is 5.97 Å². The summed E-state index contributed by atoms with van der Waals surface area (Å²) in [7, 11) is 0. The van der Waals surface area contributed by atoms with Crippen LogP contribution in [0.3, 0.4) is 0 Å². The topological polar surface area (TPSA) is 83.8 Å². The number of hydrogen-bond donors (Lipinski definition) is 2. The Bertz CT molecular complexity index is 263. The van der Waals surface area contributed by atoms with Crippen molar-refractivity contribution in [1.82, 2.24) is 0 Å². The Labute approximate surface area is 115 Å². The van der Waals surface area contributed by atoms with Crippen molar-refractivity contribution >= 4 is 11.9 Å². The van der Waals surface area contributed by atoms with E-state index in [1.165, 1.54) is 0 Å². The molecule has 2 unspecified atom stereocenters. The van der Waals surface area contributed by atoms with Crippen molar-refractivity contribution < 1.29 is 24.5 Å². The van der Waals surface area contributed by atoms with Crippen LogP contribution >= 0.6 is 0 Å². The second-order valence-corrected chi connectivity index (χ2v) is 4.93. The zero-order valence-electron chi connectivity index (χ0n) is 11.9. The third kappa shape index (κ3) is 11.7. The molecule has 0 radical (unpaired) electrons. The molecular weight excluding hydrogens is 248 g/mol. The van der Waals surface area contributed by atoms with E-state index in [4.69, 9.17) is 9.84 Å². The van der Waals surface area contributed by atoms with E-state index in [1.807, 2.05) is 6.92 Å². The van der Waals surface area contributed by atoms with E-state index in [-0.39, 0.29) is 31.0 Å². The molecule has 0 rings (SSSR count). The van der Waals surface area contributed by atoms with Crippen LogP contribution < -0.4 is 0 Å². The van der Waals surface area contributed by atoms with E-state index in [2.05, 4.69) is 0 Å². The van der Waals surface area contributed by atoms with E-state index in [9.17, 15) is 14.7 Å². The third-order valence-corrected chi connectivity index (χ3v) is 2.84. The van der Waals surface area contributed by atoms with Crippen LogP contribution in [0.2, 0.25) is 0 Å². The van der Waals surface area contributed by atoms with Gasteiger partial charge in [-0.25, -0.2) is 0 Å². The molecule has 5 nitrogen and oxygen atoms in total. The lowest BCUT2D eigenvalue weighted by molar-refractivity contribution is -0.150. The molecule has 2 N–H and O–H groups in total. The first kappa shape index (κ1) is 17.9. The Hall–Kier alpha value is -1.10. The van der Waals surface area contributed by atoms with Gasteiger partial charge in [-0.1, -0.05) is 13.3 Å². The van der Waals surface area contributed by atoms with Crippen molar-refractivity contribution in [1.29, 1.82) is 0 Å². The molecule has 5 heteroatoms. The number of aliphatic hydroxyl groups is 1. The molecule has 0 aromatic carbocycles. The van der Waals surface area contributed by atoms with E-state index in [0.717, 1.165) is 12.8 Å². The molecule has 0 aromatic rings. The van der Waals surface area contributed by atoms with Gasteiger partial charge in [0.15, 0.2) is 0 Å². The Morgan fingerprint density at radius 3 is 2.26 bits per heavy atom. The summed E-state index contributed by atoms with van der Waals surface area (Å²) in [5, 5.41) is 17.7. The Morgan fingerprint density at radius 2 is 1.74 bits per heavy atom. The second-order valence-electron chi connectivity index (χ2n) is 4.93. The quantitative estimate of drug-likeness (QED) is 0.447. The lowest BCUT2D eigenvalue weighted by Crippen LogP contribution is -2.19. The van der Waals surface area contributed by atoms with Crippen LogP contribution in [0.5, 0.6) is 0 Å². The fourth-order valence-corrected chi connectivity index (χ4v) is 1.80. The number of carboxylic acid groups (broad SMARTS) is 1. The molecule has 0 amide bonds. The number of carboxylic acids is 1. The molecular formula is C14H26O5. The molecule has 0 saturated carbocycles. The SMILES string of the molecule is CCCC(CCC(C)O)OC(=O)CCCCC(=O)O. The number of esters is 1. The Morgan fingerprint density at radius 1 is 1.11 bits per heavy atom. The molecule has 0 spiro atoms. The van der Waals surface area contributed by atoms with Crippen LogP contribution in [0.25, 0.3) is 0 Å². The van der Waals surface area contributed by atoms with Crippen LogP contribution in [-0.4, -0.2) is 34.4 Å². The molecule has 0 aromatic heterocycles. The maximum absolute atomic E-state index is 11.6. The van der Waals surface area contributed by atoms with Crippen molar-refractivity contribution in [2.45, 2.75) is 77.4 Å². The maximum atomic E-state index is 11.6. The predicted molar refractivity (Wildman–Crippen MR) is 71.8 cm³/mol. The van der Waals surface area contributed by atoms with Gasteiger partial charge in [-0.05, 0) is 39.0 Å². The normalized spacial score (nSPS) is 13.8. The Balaban J connectivity index is 3.85. The van der Waals surface area contributed by atoms with Crippen LogP contribution in [0.4, 0.5) is 0 Å². The number of unbranched alkanes of at least 4 members (excludes halogenated alkanes) is 1. The number of hydrogen-bond acceptors (Lipinski definition) is 4. The van der Waals surface area contributed by atoms with Crippen LogP contribution in [-0.2, 0) is 14.3 Å². The maximum Gasteiger partial charge on any atom is 0.306 e. The first-order valence-corrected chi connectivity index (χ1v) is 7.05. The number of rotatable bonds is 11. The molecule has 0 aliphatic carbocycles. The highest BCUT2D eigenvalue weighted by Crippen LogP contribution is 2.13. The summed E-state index contributed by atoms with van der Waals surface area (Å²) in [5.41, 5.74) is 0. The van der Waals surface area contributed by atoms with Gasteiger partial charge in [0.1, 0.15) is 6.10 Å². The summed E-state index contributed by atoms with van der Waals surface area (Å²) in [5.74, 6) is -1.11. The van der Waals surface area contributed by atoms with Crippen molar-refractivity contribution in [3.63, 3.8) is 0 Å². The first-order valence-electron chi connectivity index (χ1n) is 7.05. The summed E-state index contributed by atoms with van der Waals surface area (Å²) in [6.07, 6.45) is 3.90. The minimum atomic E-state index is -0.839. The van der Waals surface area contributed by atoms with E-state index in [1.54, 1.807) is 6.92 Å². The molecule has 0 saturated heterocycles. The van der Waals surface area contributed by atoms with Crippen LogP contribution in [0.15, 0.2) is 0 Å². The van der Waals surface area contributed by atoms with Gasteiger partial charge >= 0.3 is 11.9 Å². The van der Waals surface area contributed by atoms with Gasteiger partial charge in [-0.3, -0.25) is 9.59 Å². The molecule has 112 valence electrons. The molecule has 0 aliphatic rings. The van der Waals surface area contributed by atoms with Gasteiger partial charge in [0, 0.05) is 12.8 Å². The average Bonchev–Trinajstić information content (AvgIpc) is 2.31. The fraction of sp³-hybridized carbons (Fsp3) is 0.857. The molecule has 19 heavy (non-hydrogen) atoms. The first-order chi connectivity index (χ1) is 8.95. The molecule has 0 aliphatic heterocycles. The zero-order valence-corrected chi connectivity index (χ0v) is 11.9. The van der Waals surface area contributed by atoms with Gasteiger partial charge in [-0.15, -0.1) is 0 Å².